The number of hydrogen-bond donors (Lipinski definition) is 3. The molecule has 1 atom stereocenters. The van der Waals surface area contributed by atoms with Crippen LogP contribution in [0.25, 0.3) is 0 Å². The predicted octanol–water partition coefficient (Wildman–Crippen LogP) is 1.16. The zero-order valence-electron chi connectivity index (χ0n) is 11.2. The predicted molar refractivity (Wildman–Crippen MR) is 71.7 cm³/mol. The first kappa shape index (κ1) is 15.9. The fraction of sp³-hybridized carbons (Fsp3) is 0.500. The second kappa shape index (κ2) is 5.44. The van der Waals surface area contributed by atoms with E-state index >= 15 is 0 Å². The Morgan fingerprint density at radius 3 is 2.53 bits per heavy atom. The van der Waals surface area contributed by atoms with Gasteiger partial charge in [0.1, 0.15) is 5.82 Å². The van der Waals surface area contributed by atoms with Gasteiger partial charge in [0.2, 0.25) is 10.0 Å². The molecule has 5 nitrogen and oxygen atoms in total. The summed E-state index contributed by atoms with van der Waals surface area (Å²) in [4.78, 5) is -0.250. The van der Waals surface area contributed by atoms with Crippen molar-refractivity contribution in [1.29, 1.82) is 0 Å². The van der Waals surface area contributed by atoms with E-state index in [2.05, 4.69) is 4.72 Å². The summed E-state index contributed by atoms with van der Waals surface area (Å²) in [6, 6.07) is 2.11. The monoisotopic (exact) mass is 290 g/mol. The summed E-state index contributed by atoms with van der Waals surface area (Å²) < 4.78 is 39.7. The van der Waals surface area contributed by atoms with Gasteiger partial charge in [-0.3, -0.25) is 0 Å². The first-order valence-electron chi connectivity index (χ1n) is 5.87. The van der Waals surface area contributed by atoms with Crippen LogP contribution in [0.3, 0.4) is 0 Å². The molecule has 7 heteroatoms. The Morgan fingerprint density at radius 1 is 1.47 bits per heavy atom. The highest BCUT2D eigenvalue weighted by Crippen LogP contribution is 2.21. The van der Waals surface area contributed by atoms with Crippen molar-refractivity contribution in [3.63, 3.8) is 0 Å². The smallest absolute Gasteiger partial charge is 0.240 e. The molecule has 1 aromatic carbocycles. The fourth-order valence-electron chi connectivity index (χ4n) is 1.29. The number of sulfonamides is 1. The van der Waals surface area contributed by atoms with E-state index in [1.54, 1.807) is 6.92 Å². The van der Waals surface area contributed by atoms with E-state index in [4.69, 9.17) is 5.73 Å². The van der Waals surface area contributed by atoms with Crippen molar-refractivity contribution in [3.05, 3.63) is 23.5 Å². The van der Waals surface area contributed by atoms with Crippen molar-refractivity contribution >= 4 is 15.7 Å². The van der Waals surface area contributed by atoms with Gasteiger partial charge in [-0.1, -0.05) is 6.92 Å². The number of benzene rings is 1. The number of aliphatic hydroxyl groups is 1. The van der Waals surface area contributed by atoms with Gasteiger partial charge in [-0.15, -0.1) is 0 Å². The fourth-order valence-corrected chi connectivity index (χ4v) is 2.50. The van der Waals surface area contributed by atoms with Crippen molar-refractivity contribution in [1.82, 2.24) is 4.72 Å². The molecule has 0 fully saturated rings. The number of rotatable bonds is 5. The van der Waals surface area contributed by atoms with E-state index < -0.39 is 21.4 Å². The van der Waals surface area contributed by atoms with Gasteiger partial charge < -0.3 is 10.8 Å². The molecular weight excluding hydrogens is 271 g/mol. The molecule has 0 spiro atoms. The van der Waals surface area contributed by atoms with Crippen molar-refractivity contribution in [2.75, 3.05) is 12.3 Å². The molecule has 0 bridgehead atoms. The summed E-state index contributed by atoms with van der Waals surface area (Å²) in [6.45, 7) is 4.56. The van der Waals surface area contributed by atoms with Crippen LogP contribution in [-0.4, -0.2) is 25.7 Å². The summed E-state index contributed by atoms with van der Waals surface area (Å²) in [5.41, 5.74) is 4.67. The molecule has 1 aromatic rings. The Balaban J connectivity index is 3.02. The average molecular weight is 290 g/mol. The van der Waals surface area contributed by atoms with E-state index in [1.165, 1.54) is 19.9 Å². The molecule has 0 radical (unpaired) electrons. The normalized spacial score (nSPS) is 15.2. The summed E-state index contributed by atoms with van der Waals surface area (Å²) >= 11 is 0. The number of hydrogen-bond acceptors (Lipinski definition) is 4. The van der Waals surface area contributed by atoms with Crippen LogP contribution in [0.4, 0.5) is 10.1 Å². The quantitative estimate of drug-likeness (QED) is 0.709. The van der Waals surface area contributed by atoms with Crippen LogP contribution < -0.4 is 10.5 Å². The van der Waals surface area contributed by atoms with Crippen molar-refractivity contribution < 1.29 is 17.9 Å². The Kier molecular flexibility index (Phi) is 4.54. The molecule has 0 aliphatic heterocycles. The molecule has 108 valence electrons. The number of nitrogens with two attached hydrogens (primary N) is 1. The van der Waals surface area contributed by atoms with Gasteiger partial charge in [0, 0.05) is 17.8 Å². The molecule has 1 unspecified atom stereocenters. The standard InChI is InChI=1S/C12H19FN2O3S/c1-4-12(3,16)7-15-19(17,18)9-5-10(13)8(2)11(14)6-9/h5-6,15-16H,4,7,14H2,1-3H3. The SMILES string of the molecule is CCC(C)(O)CNS(=O)(=O)c1cc(N)c(C)c(F)c1. The molecule has 19 heavy (non-hydrogen) atoms. The van der Waals surface area contributed by atoms with Crippen LogP contribution in [0.5, 0.6) is 0 Å². The largest absolute Gasteiger partial charge is 0.398 e. The molecule has 0 aromatic heterocycles. The molecular formula is C12H19FN2O3S. The van der Waals surface area contributed by atoms with Gasteiger partial charge in [-0.05, 0) is 32.4 Å². The molecule has 4 N–H and O–H groups in total. The lowest BCUT2D eigenvalue weighted by Crippen LogP contribution is -2.40. The molecule has 0 saturated heterocycles. The van der Waals surface area contributed by atoms with Crippen molar-refractivity contribution in [2.45, 2.75) is 37.7 Å². The number of anilines is 1. The highest BCUT2D eigenvalue weighted by Gasteiger charge is 2.23. The third-order valence-electron chi connectivity index (χ3n) is 3.07. The van der Waals surface area contributed by atoms with E-state index in [0.29, 0.717) is 6.42 Å². The Morgan fingerprint density at radius 2 is 2.05 bits per heavy atom. The maximum Gasteiger partial charge on any atom is 0.240 e. The Hall–Kier alpha value is -1.18. The van der Waals surface area contributed by atoms with Crippen LogP contribution in [0, 0.1) is 12.7 Å². The summed E-state index contributed by atoms with van der Waals surface area (Å²) in [5.74, 6) is -0.678. The second-order valence-electron chi connectivity index (χ2n) is 4.79. The lowest BCUT2D eigenvalue weighted by Gasteiger charge is -2.21. The molecule has 0 saturated carbocycles. The highest BCUT2D eigenvalue weighted by atomic mass is 32.2. The van der Waals surface area contributed by atoms with Gasteiger partial charge in [-0.25, -0.2) is 17.5 Å². The zero-order valence-corrected chi connectivity index (χ0v) is 12.0. The van der Waals surface area contributed by atoms with Crippen LogP contribution in [0.1, 0.15) is 25.8 Å². The third-order valence-corrected chi connectivity index (χ3v) is 4.45. The summed E-state index contributed by atoms with van der Waals surface area (Å²) in [7, 11) is -3.90. The van der Waals surface area contributed by atoms with Gasteiger partial charge in [-0.2, -0.15) is 0 Å². The molecule has 1 rings (SSSR count). The Labute approximate surface area is 112 Å². The maximum atomic E-state index is 13.5. The Bertz CT molecular complexity index is 547. The molecule has 0 aliphatic rings. The van der Waals surface area contributed by atoms with E-state index in [9.17, 15) is 17.9 Å². The molecule has 0 heterocycles. The minimum Gasteiger partial charge on any atom is -0.398 e. The van der Waals surface area contributed by atoms with Crippen molar-refractivity contribution in [3.8, 4) is 0 Å². The summed E-state index contributed by atoms with van der Waals surface area (Å²) in [6.07, 6.45) is 0.389. The van der Waals surface area contributed by atoms with E-state index in [1.807, 2.05) is 0 Å². The summed E-state index contributed by atoms with van der Waals surface area (Å²) in [5, 5.41) is 9.76. The third kappa shape index (κ3) is 3.89. The van der Waals surface area contributed by atoms with Crippen molar-refractivity contribution in [2.24, 2.45) is 0 Å². The maximum absolute atomic E-state index is 13.5. The van der Waals surface area contributed by atoms with Gasteiger partial charge in [0.25, 0.3) is 0 Å². The van der Waals surface area contributed by atoms with Crippen LogP contribution >= 0.6 is 0 Å². The second-order valence-corrected chi connectivity index (χ2v) is 6.56. The molecule has 0 amide bonds. The zero-order chi connectivity index (χ0) is 14.8. The highest BCUT2D eigenvalue weighted by molar-refractivity contribution is 7.89. The van der Waals surface area contributed by atoms with E-state index in [-0.39, 0.29) is 22.7 Å². The number of halogens is 1. The van der Waals surface area contributed by atoms with Crippen LogP contribution in [0.2, 0.25) is 0 Å². The average Bonchev–Trinajstić information content (AvgIpc) is 2.33. The van der Waals surface area contributed by atoms with Crippen LogP contribution in [0.15, 0.2) is 17.0 Å². The van der Waals surface area contributed by atoms with Crippen LogP contribution in [-0.2, 0) is 10.0 Å². The lowest BCUT2D eigenvalue weighted by molar-refractivity contribution is 0.0613. The minimum atomic E-state index is -3.90. The minimum absolute atomic E-state index is 0.0719. The first-order valence-corrected chi connectivity index (χ1v) is 7.35. The van der Waals surface area contributed by atoms with E-state index in [0.717, 1.165) is 6.07 Å². The number of nitrogen functional groups attached to an aromatic ring is 1. The lowest BCUT2D eigenvalue weighted by atomic mass is 10.1. The van der Waals surface area contributed by atoms with Gasteiger partial charge in [0.15, 0.2) is 0 Å². The molecule has 0 aliphatic carbocycles. The topological polar surface area (TPSA) is 92.4 Å². The van der Waals surface area contributed by atoms with Gasteiger partial charge >= 0.3 is 0 Å². The number of nitrogens with one attached hydrogen (secondary N) is 1. The first-order chi connectivity index (χ1) is 8.59. The van der Waals surface area contributed by atoms with Gasteiger partial charge in [0.05, 0.1) is 10.5 Å².